The number of hydrogen-bond donors (Lipinski definition) is 2. The molecule has 0 aliphatic rings. The molecular formula is C21H21F4NO4. The lowest BCUT2D eigenvalue weighted by Crippen LogP contribution is -2.37. The van der Waals surface area contributed by atoms with Crippen molar-refractivity contribution in [3.8, 4) is 5.75 Å². The number of carbonyl (C=O) groups is 2. The molecule has 2 rings (SSSR count). The smallest absolute Gasteiger partial charge is 0.419 e. The van der Waals surface area contributed by atoms with E-state index in [1.54, 1.807) is 31.2 Å². The van der Waals surface area contributed by atoms with Crippen LogP contribution in [0.15, 0.2) is 42.5 Å². The first-order valence-corrected chi connectivity index (χ1v) is 8.98. The molecule has 0 aliphatic carbocycles. The van der Waals surface area contributed by atoms with E-state index in [-0.39, 0.29) is 5.56 Å². The monoisotopic (exact) mass is 427 g/mol. The number of halogens is 4. The van der Waals surface area contributed by atoms with Gasteiger partial charge in [-0.25, -0.2) is 9.18 Å². The molecule has 0 saturated heterocycles. The highest BCUT2D eigenvalue weighted by molar-refractivity contribution is 5.94. The summed E-state index contributed by atoms with van der Waals surface area (Å²) in [5.41, 5.74) is -2.40. The van der Waals surface area contributed by atoms with Crippen molar-refractivity contribution < 1.29 is 37.0 Å². The predicted octanol–water partition coefficient (Wildman–Crippen LogP) is 4.45. The molecule has 5 nitrogen and oxygen atoms in total. The van der Waals surface area contributed by atoms with Gasteiger partial charge in [0.25, 0.3) is 5.91 Å². The SMILES string of the molecule is CC(Cc1ccc(OC(C)(C)C(=O)O)cc1)NC(=O)c1ccc(F)c(C(F)(F)F)c1. The maximum absolute atomic E-state index is 13.4. The summed E-state index contributed by atoms with van der Waals surface area (Å²) in [6.45, 7) is 4.51. The maximum Gasteiger partial charge on any atom is 0.419 e. The Hall–Kier alpha value is -3.10. The van der Waals surface area contributed by atoms with Gasteiger partial charge in [-0.05, 0) is 63.1 Å². The van der Waals surface area contributed by atoms with Gasteiger partial charge < -0.3 is 15.2 Å². The van der Waals surface area contributed by atoms with E-state index < -0.39 is 41.1 Å². The quantitative estimate of drug-likeness (QED) is 0.641. The largest absolute Gasteiger partial charge is 0.478 e. The topological polar surface area (TPSA) is 75.6 Å². The molecule has 2 aromatic carbocycles. The van der Waals surface area contributed by atoms with Crippen molar-refractivity contribution in [2.45, 2.75) is 45.0 Å². The van der Waals surface area contributed by atoms with Crippen molar-refractivity contribution in [3.63, 3.8) is 0 Å². The van der Waals surface area contributed by atoms with Gasteiger partial charge in [-0.2, -0.15) is 13.2 Å². The molecule has 2 N–H and O–H groups in total. The van der Waals surface area contributed by atoms with Gasteiger partial charge in [0.1, 0.15) is 11.6 Å². The first-order chi connectivity index (χ1) is 13.8. The van der Waals surface area contributed by atoms with Gasteiger partial charge in [0.2, 0.25) is 0 Å². The van der Waals surface area contributed by atoms with E-state index in [0.29, 0.717) is 24.3 Å². The van der Waals surface area contributed by atoms with Gasteiger partial charge in [-0.3, -0.25) is 4.79 Å². The number of carboxylic acid groups (broad SMARTS) is 1. The average Bonchev–Trinajstić information content (AvgIpc) is 2.62. The molecule has 30 heavy (non-hydrogen) atoms. The molecule has 0 aromatic heterocycles. The zero-order valence-corrected chi connectivity index (χ0v) is 16.5. The normalized spacial score (nSPS) is 12.9. The number of rotatable bonds is 7. The molecule has 9 heteroatoms. The average molecular weight is 427 g/mol. The number of amides is 1. The van der Waals surface area contributed by atoms with Crippen molar-refractivity contribution in [3.05, 3.63) is 65.0 Å². The maximum atomic E-state index is 13.4. The van der Waals surface area contributed by atoms with E-state index in [9.17, 15) is 27.2 Å². The first-order valence-electron chi connectivity index (χ1n) is 8.98. The molecule has 2 aromatic rings. The van der Waals surface area contributed by atoms with E-state index in [1.807, 2.05) is 0 Å². The van der Waals surface area contributed by atoms with Crippen LogP contribution in [0.3, 0.4) is 0 Å². The van der Waals surface area contributed by atoms with Crippen LogP contribution in [0.4, 0.5) is 17.6 Å². The molecule has 0 aliphatic heterocycles. The van der Waals surface area contributed by atoms with E-state index in [2.05, 4.69) is 5.32 Å². The Morgan fingerprint density at radius 2 is 1.70 bits per heavy atom. The summed E-state index contributed by atoms with van der Waals surface area (Å²) in [6, 6.07) is 8.20. The van der Waals surface area contributed by atoms with Gasteiger partial charge in [0, 0.05) is 11.6 Å². The Bertz CT molecular complexity index is 924. The number of nitrogens with one attached hydrogen (secondary N) is 1. The second-order valence-corrected chi connectivity index (χ2v) is 7.33. The zero-order chi connectivity index (χ0) is 22.7. The van der Waals surface area contributed by atoms with E-state index in [0.717, 1.165) is 11.6 Å². The number of hydrogen-bond acceptors (Lipinski definition) is 3. The van der Waals surface area contributed by atoms with Gasteiger partial charge in [0.05, 0.1) is 5.56 Å². The van der Waals surface area contributed by atoms with Crippen LogP contribution in [0.25, 0.3) is 0 Å². The third-order valence-electron chi connectivity index (χ3n) is 4.26. The summed E-state index contributed by atoms with van der Waals surface area (Å²) >= 11 is 0. The summed E-state index contributed by atoms with van der Waals surface area (Å²) in [5.74, 6) is -2.96. The van der Waals surface area contributed by atoms with Crippen LogP contribution >= 0.6 is 0 Å². The molecule has 0 radical (unpaired) electrons. The van der Waals surface area contributed by atoms with Crippen molar-refractivity contribution in [2.24, 2.45) is 0 Å². The van der Waals surface area contributed by atoms with Crippen LogP contribution in [0.1, 0.15) is 42.3 Å². The lowest BCUT2D eigenvalue weighted by Gasteiger charge is -2.21. The summed E-state index contributed by atoms with van der Waals surface area (Å²) in [5, 5.41) is 11.7. The highest BCUT2D eigenvalue weighted by Crippen LogP contribution is 2.32. The molecule has 162 valence electrons. The van der Waals surface area contributed by atoms with E-state index in [4.69, 9.17) is 9.84 Å². The van der Waals surface area contributed by atoms with Gasteiger partial charge in [-0.1, -0.05) is 12.1 Å². The van der Waals surface area contributed by atoms with E-state index >= 15 is 0 Å². The fourth-order valence-electron chi connectivity index (χ4n) is 2.63. The van der Waals surface area contributed by atoms with Crippen molar-refractivity contribution >= 4 is 11.9 Å². The Morgan fingerprint density at radius 3 is 2.23 bits per heavy atom. The Morgan fingerprint density at radius 1 is 1.10 bits per heavy atom. The molecule has 0 fully saturated rings. The van der Waals surface area contributed by atoms with Crippen LogP contribution in [0.5, 0.6) is 5.75 Å². The third kappa shape index (κ3) is 5.95. The lowest BCUT2D eigenvalue weighted by molar-refractivity contribution is -0.152. The Labute approximate surface area is 170 Å². The summed E-state index contributed by atoms with van der Waals surface area (Å²) in [4.78, 5) is 23.3. The summed E-state index contributed by atoms with van der Waals surface area (Å²) in [6.07, 6.45) is -4.54. The van der Waals surface area contributed by atoms with Crippen molar-refractivity contribution in [1.82, 2.24) is 5.32 Å². The lowest BCUT2D eigenvalue weighted by atomic mass is 10.1. The van der Waals surface area contributed by atoms with E-state index in [1.165, 1.54) is 13.8 Å². The molecule has 0 heterocycles. The van der Waals surface area contributed by atoms with Crippen molar-refractivity contribution in [1.29, 1.82) is 0 Å². The minimum Gasteiger partial charge on any atom is -0.478 e. The number of alkyl halides is 3. The Balaban J connectivity index is 2.01. The highest BCUT2D eigenvalue weighted by Gasteiger charge is 2.34. The molecular weight excluding hydrogens is 406 g/mol. The summed E-state index contributed by atoms with van der Waals surface area (Å²) < 4.78 is 57.2. The highest BCUT2D eigenvalue weighted by atomic mass is 19.4. The molecule has 1 unspecified atom stereocenters. The summed E-state index contributed by atoms with van der Waals surface area (Å²) in [7, 11) is 0. The van der Waals surface area contributed by atoms with Crippen LogP contribution < -0.4 is 10.1 Å². The number of carbonyl (C=O) groups excluding carboxylic acids is 1. The number of ether oxygens (including phenoxy) is 1. The number of aliphatic carboxylic acids is 1. The zero-order valence-electron chi connectivity index (χ0n) is 16.5. The third-order valence-corrected chi connectivity index (χ3v) is 4.26. The van der Waals surface area contributed by atoms with Gasteiger partial charge in [0.15, 0.2) is 5.60 Å². The van der Waals surface area contributed by atoms with Crippen LogP contribution in [0.2, 0.25) is 0 Å². The van der Waals surface area contributed by atoms with Gasteiger partial charge in [-0.15, -0.1) is 0 Å². The number of benzene rings is 2. The number of carboxylic acids is 1. The van der Waals surface area contributed by atoms with Crippen LogP contribution in [-0.2, 0) is 17.4 Å². The second kappa shape index (κ2) is 8.73. The van der Waals surface area contributed by atoms with Crippen molar-refractivity contribution in [2.75, 3.05) is 0 Å². The van der Waals surface area contributed by atoms with Crippen LogP contribution in [-0.4, -0.2) is 28.6 Å². The molecule has 0 saturated carbocycles. The molecule has 1 amide bonds. The molecule has 0 spiro atoms. The predicted molar refractivity (Wildman–Crippen MR) is 101 cm³/mol. The van der Waals surface area contributed by atoms with Crippen LogP contribution in [0, 0.1) is 5.82 Å². The standard InChI is InChI=1S/C21H21F4NO4/c1-12(10-13-4-7-15(8-5-13)30-20(2,3)19(28)29)26-18(27)14-6-9-17(22)16(11-14)21(23,24)25/h4-9,11-12H,10H2,1-3H3,(H,26,27)(H,28,29). The van der Waals surface area contributed by atoms with Gasteiger partial charge >= 0.3 is 12.1 Å². The fraction of sp³-hybridized carbons (Fsp3) is 0.333. The fourth-order valence-corrected chi connectivity index (χ4v) is 2.63. The Kier molecular flexibility index (Phi) is 6.74. The molecule has 0 bridgehead atoms. The molecule has 1 atom stereocenters. The second-order valence-electron chi connectivity index (χ2n) is 7.33. The first kappa shape index (κ1) is 23.2. The minimum atomic E-state index is -4.90. The minimum absolute atomic E-state index is 0.296.